The number of urea groups is 1. The van der Waals surface area contributed by atoms with Gasteiger partial charge in [0.1, 0.15) is 11.5 Å². The average molecular weight is 396 g/mol. The Hall–Kier alpha value is -2.93. The summed E-state index contributed by atoms with van der Waals surface area (Å²) in [7, 11) is 0. The van der Waals surface area contributed by atoms with Crippen LogP contribution in [0.3, 0.4) is 0 Å². The van der Waals surface area contributed by atoms with Gasteiger partial charge in [0.15, 0.2) is 0 Å². The Labute approximate surface area is 169 Å². The fourth-order valence-electron chi connectivity index (χ4n) is 3.94. The number of carbonyl (C=O) groups is 1. The van der Waals surface area contributed by atoms with Gasteiger partial charge in [0, 0.05) is 25.0 Å². The van der Waals surface area contributed by atoms with Crippen LogP contribution in [0.5, 0.6) is 0 Å². The van der Waals surface area contributed by atoms with Crippen molar-refractivity contribution in [1.82, 2.24) is 14.7 Å². The Morgan fingerprint density at radius 3 is 2.62 bits per heavy atom. The minimum Gasteiger partial charge on any atom is -0.391 e. The van der Waals surface area contributed by atoms with Crippen LogP contribution in [0.1, 0.15) is 20.3 Å². The molecule has 6 nitrogen and oxygen atoms in total. The molecule has 2 heterocycles. The molecule has 1 aliphatic rings. The number of anilines is 1. The number of benzene rings is 2. The molecule has 152 valence electrons. The summed E-state index contributed by atoms with van der Waals surface area (Å²) in [6.07, 6.45) is 1.80. The zero-order chi connectivity index (χ0) is 20.5. The molecule has 0 radical (unpaired) electrons. The maximum Gasteiger partial charge on any atom is 0.324 e. The van der Waals surface area contributed by atoms with Crippen LogP contribution in [-0.4, -0.2) is 51.6 Å². The highest BCUT2D eigenvalue weighted by molar-refractivity contribution is 6.03. The predicted molar refractivity (Wildman–Crippen MR) is 111 cm³/mol. The van der Waals surface area contributed by atoms with Gasteiger partial charge in [-0.25, -0.2) is 13.9 Å². The van der Waals surface area contributed by atoms with Gasteiger partial charge in [-0.1, -0.05) is 32.0 Å². The van der Waals surface area contributed by atoms with Crippen molar-refractivity contribution in [2.24, 2.45) is 5.92 Å². The molecule has 0 aliphatic carbocycles. The quantitative estimate of drug-likeness (QED) is 0.689. The minimum atomic E-state index is -0.529. The van der Waals surface area contributed by atoms with E-state index in [1.54, 1.807) is 38.9 Å². The van der Waals surface area contributed by atoms with Crippen LogP contribution < -0.4 is 4.90 Å². The molecule has 1 aliphatic heterocycles. The molecule has 0 spiro atoms. The summed E-state index contributed by atoms with van der Waals surface area (Å²) in [5.41, 5.74) is 1.85. The van der Waals surface area contributed by atoms with E-state index in [-0.39, 0.29) is 11.8 Å². The van der Waals surface area contributed by atoms with Gasteiger partial charge in [-0.3, -0.25) is 4.90 Å². The van der Waals surface area contributed by atoms with Crippen LogP contribution >= 0.6 is 0 Å². The molecule has 2 amide bonds. The van der Waals surface area contributed by atoms with Crippen LogP contribution in [0.25, 0.3) is 16.6 Å². The summed E-state index contributed by atoms with van der Waals surface area (Å²) in [6, 6.07) is 11.9. The Kier molecular flexibility index (Phi) is 5.24. The average Bonchev–Trinajstić information content (AvgIpc) is 3.26. The first-order valence-corrected chi connectivity index (χ1v) is 9.92. The van der Waals surface area contributed by atoms with Gasteiger partial charge in [-0.2, -0.15) is 5.10 Å². The van der Waals surface area contributed by atoms with Gasteiger partial charge < -0.3 is 10.0 Å². The highest BCUT2D eigenvalue weighted by Gasteiger charge is 2.32. The van der Waals surface area contributed by atoms with Crippen molar-refractivity contribution < 1.29 is 14.3 Å². The third-order valence-corrected chi connectivity index (χ3v) is 5.23. The summed E-state index contributed by atoms with van der Waals surface area (Å²) in [4.78, 5) is 16.3. The number of para-hydroxylation sites is 1. The van der Waals surface area contributed by atoms with Crippen molar-refractivity contribution in [3.8, 4) is 5.69 Å². The first-order valence-electron chi connectivity index (χ1n) is 9.92. The standard InChI is InChI=1S/C22H25FN4O2/c1-15(2)12-16(28)14-25-10-11-26(22(25)29)19-8-5-9-20-17(19)13-24-27(20)21-7-4-3-6-18(21)23/h3-9,13,15-16,28H,10-12,14H2,1-2H3/t16-/m1/s1. The number of carbonyl (C=O) groups excluding carboxylic acids is 1. The van der Waals surface area contributed by atoms with Gasteiger partial charge in [0.05, 0.1) is 23.5 Å². The van der Waals surface area contributed by atoms with E-state index in [4.69, 9.17) is 0 Å². The molecular formula is C22H25FN4O2. The number of aromatic nitrogens is 2. The summed E-state index contributed by atoms with van der Waals surface area (Å²) in [5, 5.41) is 15.4. The first kappa shape index (κ1) is 19.4. The van der Waals surface area contributed by atoms with Gasteiger partial charge in [0.25, 0.3) is 0 Å². The largest absolute Gasteiger partial charge is 0.391 e. The lowest BCUT2D eigenvalue weighted by molar-refractivity contribution is 0.113. The molecule has 1 N–H and O–H groups in total. The van der Waals surface area contributed by atoms with E-state index in [1.165, 1.54) is 6.07 Å². The maximum atomic E-state index is 14.3. The number of fused-ring (bicyclic) bond motifs is 1. The van der Waals surface area contributed by atoms with Crippen LogP contribution in [0, 0.1) is 11.7 Å². The molecule has 4 rings (SSSR count). The number of amides is 2. The first-order chi connectivity index (χ1) is 14.0. The molecule has 29 heavy (non-hydrogen) atoms. The van der Waals surface area contributed by atoms with Crippen molar-refractivity contribution in [1.29, 1.82) is 0 Å². The third-order valence-electron chi connectivity index (χ3n) is 5.23. The second-order valence-electron chi connectivity index (χ2n) is 7.88. The second-order valence-corrected chi connectivity index (χ2v) is 7.88. The van der Waals surface area contributed by atoms with Crippen molar-refractivity contribution in [2.75, 3.05) is 24.5 Å². The van der Waals surface area contributed by atoms with Gasteiger partial charge in [0.2, 0.25) is 0 Å². The zero-order valence-corrected chi connectivity index (χ0v) is 16.6. The fraction of sp³-hybridized carbons (Fsp3) is 0.364. The number of rotatable bonds is 6. The number of β-amino-alcohol motifs (C(OH)–C–C–N with tert-alkyl or cyclic N) is 1. The van der Waals surface area contributed by atoms with Gasteiger partial charge >= 0.3 is 6.03 Å². The van der Waals surface area contributed by atoms with Crippen LogP contribution in [-0.2, 0) is 0 Å². The van der Waals surface area contributed by atoms with Crippen molar-refractivity contribution >= 4 is 22.6 Å². The molecule has 0 saturated carbocycles. The molecule has 0 bridgehead atoms. The van der Waals surface area contributed by atoms with Crippen LogP contribution in [0.4, 0.5) is 14.9 Å². The summed E-state index contributed by atoms with van der Waals surface area (Å²) in [5.74, 6) is 0.0160. The highest BCUT2D eigenvalue weighted by Crippen LogP contribution is 2.31. The third kappa shape index (κ3) is 3.70. The molecule has 1 fully saturated rings. The zero-order valence-electron chi connectivity index (χ0n) is 16.6. The van der Waals surface area contributed by atoms with Crippen molar-refractivity contribution in [3.05, 3.63) is 54.5 Å². The van der Waals surface area contributed by atoms with E-state index in [0.717, 1.165) is 16.6 Å². The lowest BCUT2D eigenvalue weighted by Crippen LogP contribution is -2.37. The minimum absolute atomic E-state index is 0.126. The van der Waals surface area contributed by atoms with E-state index >= 15 is 0 Å². The van der Waals surface area contributed by atoms with Crippen LogP contribution in [0.15, 0.2) is 48.7 Å². The fourth-order valence-corrected chi connectivity index (χ4v) is 3.94. The van der Waals surface area contributed by atoms with E-state index in [2.05, 4.69) is 18.9 Å². The number of aliphatic hydroxyl groups excluding tert-OH is 1. The van der Waals surface area contributed by atoms with Crippen molar-refractivity contribution in [3.63, 3.8) is 0 Å². The molecule has 1 atom stereocenters. The summed E-state index contributed by atoms with van der Waals surface area (Å²) >= 11 is 0. The molecule has 0 unspecified atom stereocenters. The SMILES string of the molecule is CC(C)C[C@@H](O)CN1CCN(c2cccc3c2cnn3-c2ccccc2F)C1=O. The number of hydrogen-bond acceptors (Lipinski definition) is 3. The van der Waals surface area contributed by atoms with E-state index in [0.29, 0.717) is 37.7 Å². The number of halogens is 1. The Balaban J connectivity index is 1.62. The molecule has 3 aromatic rings. The number of aliphatic hydroxyl groups is 1. The monoisotopic (exact) mass is 396 g/mol. The molecular weight excluding hydrogens is 371 g/mol. The van der Waals surface area contributed by atoms with Gasteiger partial charge in [-0.05, 0) is 36.6 Å². The number of hydrogen-bond donors (Lipinski definition) is 1. The summed E-state index contributed by atoms with van der Waals surface area (Å²) in [6.45, 7) is 5.53. The van der Waals surface area contributed by atoms with Crippen molar-refractivity contribution in [2.45, 2.75) is 26.4 Å². The molecule has 1 aromatic heterocycles. The maximum absolute atomic E-state index is 14.3. The number of nitrogens with zero attached hydrogens (tertiary/aromatic N) is 4. The normalized spacial score (nSPS) is 15.7. The van der Waals surface area contributed by atoms with Crippen LogP contribution in [0.2, 0.25) is 0 Å². The van der Waals surface area contributed by atoms with E-state index in [1.807, 2.05) is 18.2 Å². The molecule has 1 saturated heterocycles. The molecule has 7 heteroatoms. The lowest BCUT2D eigenvalue weighted by atomic mass is 10.1. The summed E-state index contributed by atoms with van der Waals surface area (Å²) < 4.78 is 15.8. The molecule has 2 aromatic carbocycles. The van der Waals surface area contributed by atoms with Gasteiger partial charge in [-0.15, -0.1) is 0 Å². The smallest absolute Gasteiger partial charge is 0.324 e. The van der Waals surface area contributed by atoms with E-state index < -0.39 is 6.10 Å². The Morgan fingerprint density at radius 1 is 1.10 bits per heavy atom. The second kappa shape index (κ2) is 7.83. The Morgan fingerprint density at radius 2 is 1.86 bits per heavy atom. The predicted octanol–water partition coefficient (Wildman–Crippen LogP) is 3.81. The topological polar surface area (TPSA) is 61.6 Å². The van der Waals surface area contributed by atoms with E-state index in [9.17, 15) is 14.3 Å². The highest BCUT2D eigenvalue weighted by atomic mass is 19.1. The lowest BCUT2D eigenvalue weighted by Gasteiger charge is -2.22. The Bertz CT molecular complexity index is 1030.